The smallest absolute Gasteiger partial charge is 0.322 e. The van der Waals surface area contributed by atoms with Crippen LogP contribution in [0, 0.1) is 0 Å². The Morgan fingerprint density at radius 1 is 1.19 bits per heavy atom. The van der Waals surface area contributed by atoms with E-state index in [1.165, 1.54) is 13.8 Å². The van der Waals surface area contributed by atoms with Crippen molar-refractivity contribution in [1.82, 2.24) is 16.0 Å². The van der Waals surface area contributed by atoms with E-state index in [9.17, 15) is 14.4 Å². The van der Waals surface area contributed by atoms with Crippen LogP contribution in [0.25, 0.3) is 0 Å². The molecule has 0 aliphatic carbocycles. The van der Waals surface area contributed by atoms with Crippen molar-refractivity contribution in [2.45, 2.75) is 32.2 Å². The maximum Gasteiger partial charge on any atom is 0.322 e. The summed E-state index contributed by atoms with van der Waals surface area (Å²) in [5, 5.41) is 6.05. The van der Waals surface area contributed by atoms with Gasteiger partial charge in [0.25, 0.3) is 0 Å². The Morgan fingerprint density at radius 2 is 1.75 bits per heavy atom. The zero-order chi connectivity index (χ0) is 12.7. The predicted molar refractivity (Wildman–Crippen MR) is 60.1 cm³/mol. The van der Waals surface area contributed by atoms with Gasteiger partial charge in [0, 0.05) is 6.54 Å². The van der Waals surface area contributed by atoms with Crippen LogP contribution < -0.4 is 16.0 Å². The minimum Gasteiger partial charge on any atom is -0.355 e. The molecule has 0 aromatic carbocycles. The van der Waals surface area contributed by atoms with E-state index in [0.717, 1.165) is 0 Å². The van der Waals surface area contributed by atoms with Crippen LogP contribution in [-0.2, 0) is 9.59 Å². The third kappa shape index (κ3) is 5.55. The number of halogens is 1. The fourth-order valence-corrected chi connectivity index (χ4v) is 0.891. The summed E-state index contributed by atoms with van der Waals surface area (Å²) in [6, 6.07) is -1.45. The number of rotatable bonds is 4. The summed E-state index contributed by atoms with van der Waals surface area (Å²) in [4.78, 5) is 33.5. The summed E-state index contributed by atoms with van der Waals surface area (Å²) in [5.74, 6) is -0.925. The summed E-state index contributed by atoms with van der Waals surface area (Å²) in [6.45, 7) is 5.20. The fourth-order valence-electron chi connectivity index (χ4n) is 0.837. The summed E-state index contributed by atoms with van der Waals surface area (Å²) in [7, 11) is 0. The molecule has 6 nitrogen and oxygen atoms in total. The molecule has 0 aromatic rings. The Kier molecular flexibility index (Phi) is 6.48. The Morgan fingerprint density at radius 3 is 2.19 bits per heavy atom. The van der Waals surface area contributed by atoms with Gasteiger partial charge < -0.3 is 10.6 Å². The lowest BCUT2D eigenvalue weighted by Crippen LogP contribution is -2.50. The van der Waals surface area contributed by atoms with E-state index in [0.29, 0.717) is 6.54 Å². The highest BCUT2D eigenvalue weighted by atomic mass is 35.5. The number of likely N-dealkylation sites (N-methyl/N-ethyl adjacent to an activating group) is 1. The van der Waals surface area contributed by atoms with Crippen molar-refractivity contribution < 1.29 is 14.4 Å². The standard InChI is InChI=1S/C9H16ClN3O3/c1-4-11-8(15)6(3)12-9(16)13-7(14)5(2)10/h5-6H,4H2,1-3H3,(H,11,15)(H2,12,13,14,16). The van der Waals surface area contributed by atoms with Crippen molar-refractivity contribution in [3.63, 3.8) is 0 Å². The third-order valence-corrected chi connectivity index (χ3v) is 1.89. The topological polar surface area (TPSA) is 87.3 Å². The third-order valence-electron chi connectivity index (χ3n) is 1.69. The molecule has 0 spiro atoms. The molecule has 0 fully saturated rings. The second kappa shape index (κ2) is 7.05. The van der Waals surface area contributed by atoms with E-state index in [1.807, 2.05) is 5.32 Å². The molecule has 7 heteroatoms. The molecular formula is C9H16ClN3O3. The average molecular weight is 250 g/mol. The van der Waals surface area contributed by atoms with E-state index < -0.39 is 23.4 Å². The first-order chi connectivity index (χ1) is 7.38. The normalized spacial score (nSPS) is 13.5. The highest BCUT2D eigenvalue weighted by molar-refractivity contribution is 6.31. The zero-order valence-electron chi connectivity index (χ0n) is 9.46. The Hall–Kier alpha value is -1.30. The largest absolute Gasteiger partial charge is 0.355 e. The molecule has 0 rings (SSSR count). The first-order valence-electron chi connectivity index (χ1n) is 4.91. The van der Waals surface area contributed by atoms with E-state index in [-0.39, 0.29) is 5.91 Å². The molecule has 4 amide bonds. The first-order valence-corrected chi connectivity index (χ1v) is 5.35. The van der Waals surface area contributed by atoms with Gasteiger partial charge in [-0.05, 0) is 20.8 Å². The summed E-state index contributed by atoms with van der Waals surface area (Å²) < 4.78 is 0. The van der Waals surface area contributed by atoms with E-state index >= 15 is 0 Å². The lowest BCUT2D eigenvalue weighted by atomic mass is 10.3. The molecule has 0 heterocycles. The molecule has 0 aliphatic rings. The van der Waals surface area contributed by atoms with Crippen LogP contribution in [0.4, 0.5) is 4.79 Å². The number of amides is 4. The molecule has 0 bridgehead atoms. The van der Waals surface area contributed by atoms with Gasteiger partial charge >= 0.3 is 6.03 Å². The SMILES string of the molecule is CCNC(=O)C(C)NC(=O)NC(=O)C(C)Cl. The highest BCUT2D eigenvalue weighted by Crippen LogP contribution is 1.92. The Labute approximate surface area is 99.1 Å². The summed E-state index contributed by atoms with van der Waals surface area (Å²) in [6.07, 6.45) is 0. The quantitative estimate of drug-likeness (QED) is 0.611. The van der Waals surface area contributed by atoms with E-state index in [1.54, 1.807) is 6.92 Å². The lowest BCUT2D eigenvalue weighted by Gasteiger charge is -2.13. The van der Waals surface area contributed by atoms with Gasteiger partial charge in [0.05, 0.1) is 0 Å². The van der Waals surface area contributed by atoms with Gasteiger partial charge in [-0.2, -0.15) is 0 Å². The van der Waals surface area contributed by atoms with E-state index in [4.69, 9.17) is 11.6 Å². The number of alkyl halides is 1. The average Bonchev–Trinajstić information content (AvgIpc) is 2.17. The second-order valence-corrected chi connectivity index (χ2v) is 3.85. The van der Waals surface area contributed by atoms with Crippen molar-refractivity contribution in [3.8, 4) is 0 Å². The van der Waals surface area contributed by atoms with Crippen molar-refractivity contribution in [1.29, 1.82) is 0 Å². The van der Waals surface area contributed by atoms with Crippen LogP contribution in [0.15, 0.2) is 0 Å². The maximum absolute atomic E-state index is 11.2. The van der Waals surface area contributed by atoms with Crippen LogP contribution in [0.3, 0.4) is 0 Å². The molecule has 0 radical (unpaired) electrons. The van der Waals surface area contributed by atoms with E-state index in [2.05, 4.69) is 10.6 Å². The van der Waals surface area contributed by atoms with Gasteiger partial charge in [-0.25, -0.2) is 4.79 Å². The van der Waals surface area contributed by atoms with Crippen LogP contribution in [-0.4, -0.2) is 35.8 Å². The van der Waals surface area contributed by atoms with Crippen LogP contribution in [0.2, 0.25) is 0 Å². The fraction of sp³-hybridized carbons (Fsp3) is 0.667. The number of urea groups is 1. The van der Waals surface area contributed by atoms with Gasteiger partial charge in [-0.3, -0.25) is 14.9 Å². The molecule has 3 N–H and O–H groups in total. The molecule has 92 valence electrons. The van der Waals surface area contributed by atoms with Gasteiger partial charge in [0.15, 0.2) is 0 Å². The van der Waals surface area contributed by atoms with Gasteiger partial charge in [0.2, 0.25) is 11.8 Å². The molecular weight excluding hydrogens is 234 g/mol. The molecule has 16 heavy (non-hydrogen) atoms. The van der Waals surface area contributed by atoms with Crippen LogP contribution in [0.1, 0.15) is 20.8 Å². The molecule has 2 atom stereocenters. The molecule has 0 saturated carbocycles. The molecule has 0 aromatic heterocycles. The minimum atomic E-state index is -0.800. The van der Waals surface area contributed by atoms with Crippen molar-refractivity contribution in [3.05, 3.63) is 0 Å². The van der Waals surface area contributed by atoms with Gasteiger partial charge in [0.1, 0.15) is 11.4 Å². The highest BCUT2D eigenvalue weighted by Gasteiger charge is 2.17. The van der Waals surface area contributed by atoms with Crippen LogP contribution >= 0.6 is 11.6 Å². The first kappa shape index (κ1) is 14.7. The van der Waals surface area contributed by atoms with Crippen molar-refractivity contribution in [2.75, 3.05) is 6.54 Å². The molecule has 0 aliphatic heterocycles. The summed E-state index contributed by atoms with van der Waals surface area (Å²) in [5.41, 5.74) is 0. The number of hydrogen-bond acceptors (Lipinski definition) is 3. The predicted octanol–water partition coefficient (Wildman–Crippen LogP) is -0.0359. The second-order valence-electron chi connectivity index (χ2n) is 3.19. The summed E-state index contributed by atoms with van der Waals surface area (Å²) >= 11 is 5.45. The molecule has 0 saturated heterocycles. The molecule has 2 unspecified atom stereocenters. The van der Waals surface area contributed by atoms with Crippen molar-refractivity contribution in [2.24, 2.45) is 0 Å². The van der Waals surface area contributed by atoms with Crippen LogP contribution in [0.5, 0.6) is 0 Å². The maximum atomic E-state index is 11.2. The minimum absolute atomic E-state index is 0.316. The van der Waals surface area contributed by atoms with Gasteiger partial charge in [-0.15, -0.1) is 11.6 Å². The monoisotopic (exact) mass is 249 g/mol. The van der Waals surface area contributed by atoms with Crippen molar-refractivity contribution >= 4 is 29.4 Å². The number of imide groups is 1. The number of carbonyl (C=O) groups excluding carboxylic acids is 3. The Bertz CT molecular complexity index is 281. The Balaban J connectivity index is 4.05. The van der Waals surface area contributed by atoms with Gasteiger partial charge in [-0.1, -0.05) is 0 Å². The number of carbonyl (C=O) groups is 3. The zero-order valence-corrected chi connectivity index (χ0v) is 10.2. The number of nitrogens with one attached hydrogen (secondary N) is 3. The lowest BCUT2D eigenvalue weighted by molar-refractivity contribution is -0.123. The number of hydrogen-bond donors (Lipinski definition) is 3.